The van der Waals surface area contributed by atoms with Crippen LogP contribution in [0.25, 0.3) is 0 Å². The molecule has 0 saturated carbocycles. The first-order chi connectivity index (χ1) is 9.54. The van der Waals surface area contributed by atoms with Gasteiger partial charge in [0.2, 0.25) is 5.91 Å². The lowest BCUT2D eigenvalue weighted by atomic mass is 10.1. The number of amides is 1. The van der Waals surface area contributed by atoms with E-state index in [-0.39, 0.29) is 24.2 Å². The van der Waals surface area contributed by atoms with Gasteiger partial charge in [-0.25, -0.2) is 0 Å². The molecule has 1 N–H and O–H groups in total. The number of carbonyl (C=O) groups excluding carboxylic acids is 1. The van der Waals surface area contributed by atoms with Crippen molar-refractivity contribution in [2.75, 3.05) is 13.7 Å². The van der Waals surface area contributed by atoms with Gasteiger partial charge >= 0.3 is 0 Å². The highest BCUT2D eigenvalue weighted by molar-refractivity contribution is 5.84. The fourth-order valence-corrected chi connectivity index (χ4v) is 3.10. The fraction of sp³-hybridized carbons (Fsp3) is 0.938. The summed E-state index contributed by atoms with van der Waals surface area (Å²) in [5, 5.41) is 3.54. The predicted octanol–water partition coefficient (Wildman–Crippen LogP) is 2.77. The maximum Gasteiger partial charge on any atom is 0.241 e. The van der Waals surface area contributed by atoms with Crippen molar-refractivity contribution in [2.24, 2.45) is 5.92 Å². The molecule has 1 aliphatic heterocycles. The van der Waals surface area contributed by atoms with Crippen molar-refractivity contribution >= 4 is 5.91 Å². The molecule has 4 nitrogen and oxygen atoms in total. The minimum Gasteiger partial charge on any atom is -0.383 e. The molecular formula is C16H32N2O2. The molecule has 20 heavy (non-hydrogen) atoms. The second-order valence-corrected chi connectivity index (χ2v) is 6.30. The molecule has 0 aromatic heterocycles. The molecule has 0 spiro atoms. The Kier molecular flexibility index (Phi) is 7.52. The zero-order chi connectivity index (χ0) is 15.1. The van der Waals surface area contributed by atoms with Crippen LogP contribution < -0.4 is 5.32 Å². The van der Waals surface area contributed by atoms with Gasteiger partial charge in [0, 0.05) is 7.11 Å². The molecule has 1 amide bonds. The van der Waals surface area contributed by atoms with Crippen LogP contribution in [0.2, 0.25) is 0 Å². The average Bonchev–Trinajstić information content (AvgIpc) is 2.65. The normalized spacial score (nSPS) is 24.7. The van der Waals surface area contributed by atoms with Gasteiger partial charge in [-0.15, -0.1) is 0 Å². The number of nitrogens with zero attached hydrogens (tertiary/aromatic N) is 1. The third-order valence-corrected chi connectivity index (χ3v) is 3.93. The number of nitrogens with one attached hydrogen (secondary N) is 1. The van der Waals surface area contributed by atoms with Gasteiger partial charge in [0.05, 0.1) is 24.9 Å². The monoisotopic (exact) mass is 284 g/mol. The van der Waals surface area contributed by atoms with Crippen LogP contribution in [0.1, 0.15) is 59.8 Å². The summed E-state index contributed by atoms with van der Waals surface area (Å²) in [5.74, 6) is 0.848. The van der Waals surface area contributed by atoms with Crippen LogP contribution in [0.3, 0.4) is 0 Å². The highest BCUT2D eigenvalue weighted by Gasteiger charge is 2.41. The lowest BCUT2D eigenvalue weighted by molar-refractivity contribution is -0.134. The third kappa shape index (κ3) is 4.45. The van der Waals surface area contributed by atoms with Gasteiger partial charge in [-0.2, -0.15) is 0 Å². The number of ether oxygens (including phenoxy) is 1. The summed E-state index contributed by atoms with van der Waals surface area (Å²) in [5.41, 5.74) is 0. The SMILES string of the molecule is CCCC1NC(CC(C)C)N(C(CCC)COC)C1=O. The van der Waals surface area contributed by atoms with Gasteiger partial charge < -0.3 is 9.64 Å². The topological polar surface area (TPSA) is 41.6 Å². The van der Waals surface area contributed by atoms with E-state index in [1.54, 1.807) is 7.11 Å². The van der Waals surface area contributed by atoms with Crippen molar-refractivity contribution < 1.29 is 9.53 Å². The lowest BCUT2D eigenvalue weighted by Crippen LogP contribution is -2.47. The van der Waals surface area contributed by atoms with E-state index in [9.17, 15) is 4.79 Å². The Balaban J connectivity index is 2.85. The summed E-state index contributed by atoms with van der Waals surface area (Å²) >= 11 is 0. The molecule has 118 valence electrons. The number of hydrogen-bond donors (Lipinski definition) is 1. The Labute approximate surface area is 124 Å². The van der Waals surface area contributed by atoms with E-state index in [2.05, 4.69) is 37.9 Å². The molecule has 1 fully saturated rings. The average molecular weight is 284 g/mol. The van der Waals surface area contributed by atoms with E-state index < -0.39 is 0 Å². The first-order valence-corrected chi connectivity index (χ1v) is 8.12. The van der Waals surface area contributed by atoms with Crippen molar-refractivity contribution in [1.29, 1.82) is 0 Å². The quantitative estimate of drug-likeness (QED) is 0.708. The van der Waals surface area contributed by atoms with Crippen LogP contribution in [0.15, 0.2) is 0 Å². The van der Waals surface area contributed by atoms with Crippen molar-refractivity contribution in [3.63, 3.8) is 0 Å². The highest BCUT2D eigenvalue weighted by atomic mass is 16.5. The van der Waals surface area contributed by atoms with E-state index in [1.807, 2.05) is 0 Å². The second kappa shape index (κ2) is 8.63. The van der Waals surface area contributed by atoms with Crippen molar-refractivity contribution in [3.8, 4) is 0 Å². The Morgan fingerprint density at radius 1 is 1.30 bits per heavy atom. The smallest absolute Gasteiger partial charge is 0.241 e. The van der Waals surface area contributed by atoms with E-state index in [0.29, 0.717) is 12.5 Å². The summed E-state index contributed by atoms with van der Waals surface area (Å²) < 4.78 is 5.34. The third-order valence-electron chi connectivity index (χ3n) is 3.93. The van der Waals surface area contributed by atoms with Crippen LogP contribution in [0, 0.1) is 5.92 Å². The molecule has 0 aliphatic carbocycles. The number of rotatable bonds is 9. The molecule has 1 saturated heterocycles. The summed E-state index contributed by atoms with van der Waals surface area (Å²) in [6, 6.07) is 0.204. The van der Waals surface area contributed by atoms with E-state index >= 15 is 0 Å². The Morgan fingerprint density at radius 3 is 2.50 bits per heavy atom. The van der Waals surface area contributed by atoms with Gasteiger partial charge in [0.15, 0.2) is 0 Å². The molecule has 1 aliphatic rings. The van der Waals surface area contributed by atoms with Crippen molar-refractivity contribution in [2.45, 2.75) is 78.0 Å². The number of hydrogen-bond acceptors (Lipinski definition) is 3. The zero-order valence-electron chi connectivity index (χ0n) is 13.8. The maximum absolute atomic E-state index is 12.7. The highest BCUT2D eigenvalue weighted by Crippen LogP contribution is 2.24. The van der Waals surface area contributed by atoms with E-state index in [0.717, 1.165) is 32.1 Å². The lowest BCUT2D eigenvalue weighted by Gasteiger charge is -2.33. The van der Waals surface area contributed by atoms with Crippen LogP contribution in [-0.2, 0) is 9.53 Å². The molecular weight excluding hydrogens is 252 g/mol. The molecule has 0 bridgehead atoms. The molecule has 0 aromatic rings. The molecule has 0 aromatic carbocycles. The maximum atomic E-state index is 12.7. The summed E-state index contributed by atoms with van der Waals surface area (Å²) in [7, 11) is 1.72. The number of carbonyl (C=O) groups is 1. The van der Waals surface area contributed by atoms with E-state index in [4.69, 9.17) is 4.74 Å². The van der Waals surface area contributed by atoms with Gasteiger partial charge in [0.1, 0.15) is 0 Å². The minimum absolute atomic E-state index is 0.0000350. The van der Waals surface area contributed by atoms with E-state index in [1.165, 1.54) is 0 Å². The van der Waals surface area contributed by atoms with Gasteiger partial charge in [-0.05, 0) is 25.2 Å². The number of methoxy groups -OCH3 is 1. The summed E-state index contributed by atoms with van der Waals surface area (Å²) in [4.78, 5) is 14.8. The van der Waals surface area contributed by atoms with Gasteiger partial charge in [-0.3, -0.25) is 10.1 Å². The van der Waals surface area contributed by atoms with Gasteiger partial charge in [-0.1, -0.05) is 40.5 Å². The molecule has 3 unspecified atom stereocenters. The van der Waals surface area contributed by atoms with Crippen LogP contribution in [-0.4, -0.2) is 42.8 Å². The summed E-state index contributed by atoms with van der Waals surface area (Å²) in [6.45, 7) is 9.35. The molecule has 0 radical (unpaired) electrons. The first kappa shape index (κ1) is 17.4. The van der Waals surface area contributed by atoms with Crippen LogP contribution in [0.5, 0.6) is 0 Å². The van der Waals surface area contributed by atoms with Crippen LogP contribution in [0.4, 0.5) is 0 Å². The van der Waals surface area contributed by atoms with Crippen molar-refractivity contribution in [3.05, 3.63) is 0 Å². The Morgan fingerprint density at radius 2 is 2.00 bits per heavy atom. The molecule has 4 heteroatoms. The summed E-state index contributed by atoms with van der Waals surface area (Å²) in [6.07, 6.45) is 5.23. The molecule has 1 heterocycles. The fourth-order valence-electron chi connectivity index (χ4n) is 3.10. The molecule has 3 atom stereocenters. The predicted molar refractivity (Wildman–Crippen MR) is 82.5 cm³/mol. The standard InChI is InChI=1S/C16H32N2O2/c1-6-8-13(11-20-5)18-15(10-12(3)4)17-14(9-7-2)16(18)19/h12-15,17H,6-11H2,1-5H3. The first-order valence-electron chi connectivity index (χ1n) is 8.12. The second-order valence-electron chi connectivity index (χ2n) is 6.30. The largest absolute Gasteiger partial charge is 0.383 e. The van der Waals surface area contributed by atoms with Crippen LogP contribution >= 0.6 is 0 Å². The zero-order valence-corrected chi connectivity index (χ0v) is 13.8. The Bertz CT molecular complexity index is 288. The molecule has 1 rings (SSSR count). The van der Waals surface area contributed by atoms with Crippen molar-refractivity contribution in [1.82, 2.24) is 10.2 Å². The minimum atomic E-state index is -0.0000350. The van der Waals surface area contributed by atoms with Gasteiger partial charge in [0.25, 0.3) is 0 Å². The Hall–Kier alpha value is -0.610.